The smallest absolute Gasteiger partial charge is 0.337 e. The van der Waals surface area contributed by atoms with Crippen LogP contribution in [0.5, 0.6) is 0 Å². The minimum absolute atomic E-state index is 0.375. The van der Waals surface area contributed by atoms with E-state index in [1.54, 1.807) is 12.1 Å². The summed E-state index contributed by atoms with van der Waals surface area (Å²) >= 11 is 0. The fourth-order valence-corrected chi connectivity index (χ4v) is 3.24. The molecule has 8 heteroatoms. The number of likely N-dealkylation sites (N-methyl/N-ethyl adjacent to an activating group) is 1. The molecular formula is C13H19N3O4S. The largest absolute Gasteiger partial charge is 0.465 e. The molecule has 1 aliphatic heterocycles. The van der Waals surface area contributed by atoms with Crippen LogP contribution in [0.15, 0.2) is 24.3 Å². The van der Waals surface area contributed by atoms with E-state index in [4.69, 9.17) is 0 Å². The molecule has 1 heterocycles. The van der Waals surface area contributed by atoms with E-state index in [1.165, 1.54) is 23.5 Å². The molecule has 1 aromatic carbocycles. The number of hydrogen-bond acceptors (Lipinski definition) is 5. The van der Waals surface area contributed by atoms with Crippen molar-refractivity contribution in [3.63, 3.8) is 0 Å². The summed E-state index contributed by atoms with van der Waals surface area (Å²) in [7, 11) is -0.299. The molecule has 1 aliphatic rings. The summed E-state index contributed by atoms with van der Waals surface area (Å²) in [5.41, 5.74) is 0.793. The number of hydrogen-bond donors (Lipinski definition) is 1. The SMILES string of the molecule is COC(=O)c1ccc(NS(=O)(=O)N2CCN(C)CC2)cc1. The topological polar surface area (TPSA) is 78.9 Å². The third-order valence-electron chi connectivity index (χ3n) is 3.35. The Balaban J connectivity index is 2.05. The molecule has 116 valence electrons. The maximum atomic E-state index is 12.2. The van der Waals surface area contributed by atoms with E-state index in [2.05, 4.69) is 14.4 Å². The Kier molecular flexibility index (Phi) is 4.81. The highest BCUT2D eigenvalue weighted by Gasteiger charge is 2.25. The summed E-state index contributed by atoms with van der Waals surface area (Å²) in [4.78, 5) is 13.4. The van der Waals surface area contributed by atoms with Crippen molar-refractivity contribution >= 4 is 21.9 Å². The predicted molar refractivity (Wildman–Crippen MR) is 79.4 cm³/mol. The van der Waals surface area contributed by atoms with E-state index in [0.29, 0.717) is 37.4 Å². The van der Waals surface area contributed by atoms with Crippen molar-refractivity contribution in [3.8, 4) is 0 Å². The number of ether oxygens (including phenoxy) is 1. The van der Waals surface area contributed by atoms with Crippen LogP contribution in [0.1, 0.15) is 10.4 Å². The summed E-state index contributed by atoms with van der Waals surface area (Å²) < 4.78 is 33.0. The lowest BCUT2D eigenvalue weighted by Gasteiger charge is -2.31. The minimum atomic E-state index is -3.56. The molecule has 0 bridgehead atoms. The van der Waals surface area contributed by atoms with E-state index in [1.807, 2.05) is 7.05 Å². The van der Waals surface area contributed by atoms with Gasteiger partial charge >= 0.3 is 16.2 Å². The lowest BCUT2D eigenvalue weighted by atomic mass is 10.2. The van der Waals surface area contributed by atoms with E-state index >= 15 is 0 Å². The molecule has 7 nitrogen and oxygen atoms in total. The van der Waals surface area contributed by atoms with Crippen LogP contribution in [-0.4, -0.2) is 63.9 Å². The zero-order valence-electron chi connectivity index (χ0n) is 12.1. The molecule has 1 saturated heterocycles. The van der Waals surface area contributed by atoms with Crippen LogP contribution in [0.4, 0.5) is 5.69 Å². The van der Waals surface area contributed by atoms with Gasteiger partial charge in [-0.3, -0.25) is 4.72 Å². The van der Waals surface area contributed by atoms with Crippen molar-refractivity contribution in [2.24, 2.45) is 0 Å². The molecular weight excluding hydrogens is 294 g/mol. The average molecular weight is 313 g/mol. The molecule has 0 unspecified atom stereocenters. The number of nitrogens with zero attached hydrogens (tertiary/aromatic N) is 2. The Hall–Kier alpha value is -1.64. The number of piperazine rings is 1. The van der Waals surface area contributed by atoms with Crippen molar-refractivity contribution in [1.29, 1.82) is 0 Å². The van der Waals surface area contributed by atoms with Gasteiger partial charge < -0.3 is 9.64 Å². The summed E-state index contributed by atoms with van der Waals surface area (Å²) in [6, 6.07) is 6.13. The second-order valence-electron chi connectivity index (χ2n) is 4.88. The van der Waals surface area contributed by atoms with Gasteiger partial charge in [0.05, 0.1) is 12.7 Å². The first-order valence-corrected chi connectivity index (χ1v) is 8.01. The standard InChI is InChI=1S/C13H19N3O4S/c1-15-7-9-16(10-8-15)21(18,19)14-12-5-3-11(4-6-12)13(17)20-2/h3-6,14H,7-10H2,1-2H3. The molecule has 1 aromatic rings. The average Bonchev–Trinajstić information content (AvgIpc) is 2.47. The van der Waals surface area contributed by atoms with Crippen molar-refractivity contribution < 1.29 is 17.9 Å². The Morgan fingerprint density at radius 3 is 2.24 bits per heavy atom. The number of esters is 1. The van der Waals surface area contributed by atoms with Crippen molar-refractivity contribution in [3.05, 3.63) is 29.8 Å². The highest BCUT2D eigenvalue weighted by Crippen LogP contribution is 2.15. The van der Waals surface area contributed by atoms with Gasteiger partial charge in [0.2, 0.25) is 0 Å². The Bertz CT molecular complexity index is 592. The van der Waals surface area contributed by atoms with Gasteiger partial charge in [-0.25, -0.2) is 4.79 Å². The first kappa shape index (κ1) is 15.7. The molecule has 1 fully saturated rings. The number of nitrogens with one attached hydrogen (secondary N) is 1. The Labute approximate surface area is 124 Å². The molecule has 1 N–H and O–H groups in total. The summed E-state index contributed by atoms with van der Waals surface area (Å²) in [5, 5.41) is 0. The van der Waals surface area contributed by atoms with Crippen LogP contribution in [0.3, 0.4) is 0 Å². The number of rotatable bonds is 4. The van der Waals surface area contributed by atoms with Crippen molar-refractivity contribution in [1.82, 2.24) is 9.21 Å². The molecule has 0 spiro atoms. The van der Waals surface area contributed by atoms with Gasteiger partial charge in [-0.2, -0.15) is 12.7 Å². The number of benzene rings is 1. The third kappa shape index (κ3) is 3.93. The van der Waals surface area contributed by atoms with Gasteiger partial charge in [0, 0.05) is 31.9 Å². The highest BCUT2D eigenvalue weighted by atomic mass is 32.2. The molecule has 21 heavy (non-hydrogen) atoms. The number of carbonyl (C=O) groups is 1. The van der Waals surface area contributed by atoms with E-state index < -0.39 is 16.2 Å². The Morgan fingerprint density at radius 2 is 1.71 bits per heavy atom. The van der Waals surface area contributed by atoms with Crippen LogP contribution < -0.4 is 4.72 Å². The van der Waals surface area contributed by atoms with Crippen molar-refractivity contribution in [2.45, 2.75) is 0 Å². The summed E-state index contributed by atoms with van der Waals surface area (Å²) in [6.45, 7) is 2.35. The van der Waals surface area contributed by atoms with Crippen LogP contribution in [0.25, 0.3) is 0 Å². The second kappa shape index (κ2) is 6.42. The maximum absolute atomic E-state index is 12.2. The van der Waals surface area contributed by atoms with Crippen LogP contribution in [-0.2, 0) is 14.9 Å². The fraction of sp³-hybridized carbons (Fsp3) is 0.462. The zero-order chi connectivity index (χ0) is 15.5. The number of methoxy groups -OCH3 is 1. The molecule has 0 atom stereocenters. The van der Waals surface area contributed by atoms with Gasteiger partial charge in [-0.1, -0.05) is 0 Å². The molecule has 0 amide bonds. The second-order valence-corrected chi connectivity index (χ2v) is 6.55. The van der Waals surface area contributed by atoms with Crippen LogP contribution in [0.2, 0.25) is 0 Å². The fourth-order valence-electron chi connectivity index (χ4n) is 2.03. The first-order valence-electron chi connectivity index (χ1n) is 6.57. The zero-order valence-corrected chi connectivity index (χ0v) is 12.9. The third-order valence-corrected chi connectivity index (χ3v) is 4.89. The lowest BCUT2D eigenvalue weighted by Crippen LogP contribution is -2.48. The number of anilines is 1. The molecule has 0 aliphatic carbocycles. The van der Waals surface area contributed by atoms with E-state index in [9.17, 15) is 13.2 Å². The summed E-state index contributed by atoms with van der Waals surface area (Å²) in [6.07, 6.45) is 0. The number of carbonyl (C=O) groups excluding carboxylic acids is 1. The van der Waals surface area contributed by atoms with Gasteiger partial charge in [0.15, 0.2) is 0 Å². The van der Waals surface area contributed by atoms with Crippen LogP contribution >= 0.6 is 0 Å². The van der Waals surface area contributed by atoms with E-state index in [-0.39, 0.29) is 0 Å². The lowest BCUT2D eigenvalue weighted by molar-refractivity contribution is 0.0601. The first-order chi connectivity index (χ1) is 9.92. The van der Waals surface area contributed by atoms with E-state index in [0.717, 1.165) is 0 Å². The summed E-state index contributed by atoms with van der Waals surface area (Å²) in [5.74, 6) is -0.455. The molecule has 0 aromatic heterocycles. The predicted octanol–water partition coefficient (Wildman–Crippen LogP) is 0.377. The highest BCUT2D eigenvalue weighted by molar-refractivity contribution is 7.90. The van der Waals surface area contributed by atoms with Gasteiger partial charge in [0.25, 0.3) is 0 Å². The quantitative estimate of drug-likeness (QED) is 0.813. The van der Waals surface area contributed by atoms with Crippen molar-refractivity contribution in [2.75, 3.05) is 45.1 Å². The monoisotopic (exact) mass is 313 g/mol. The molecule has 2 rings (SSSR count). The van der Waals surface area contributed by atoms with Crippen LogP contribution in [0, 0.1) is 0 Å². The molecule has 0 saturated carbocycles. The van der Waals surface area contributed by atoms with Gasteiger partial charge in [-0.05, 0) is 31.3 Å². The minimum Gasteiger partial charge on any atom is -0.465 e. The van der Waals surface area contributed by atoms with Gasteiger partial charge in [-0.15, -0.1) is 0 Å². The normalized spacial score (nSPS) is 17.4. The molecule has 0 radical (unpaired) electrons. The maximum Gasteiger partial charge on any atom is 0.337 e. The van der Waals surface area contributed by atoms with Gasteiger partial charge in [0.1, 0.15) is 0 Å². The Morgan fingerprint density at radius 1 is 1.14 bits per heavy atom.